The van der Waals surface area contributed by atoms with Gasteiger partial charge in [0.05, 0.1) is 18.4 Å². The maximum Gasteiger partial charge on any atom is 0.267 e. The number of hydrogen-bond donors (Lipinski definition) is 3. The molecule has 0 aromatic heterocycles. The first kappa shape index (κ1) is 22.8. The van der Waals surface area contributed by atoms with Crippen molar-refractivity contribution in [2.75, 3.05) is 12.4 Å². The molecule has 0 saturated carbocycles. The van der Waals surface area contributed by atoms with E-state index in [0.29, 0.717) is 17.0 Å². The van der Waals surface area contributed by atoms with Gasteiger partial charge in [0.15, 0.2) is 11.6 Å². The predicted octanol–water partition coefficient (Wildman–Crippen LogP) is 5.05. The Bertz CT molecular complexity index is 1180. The predicted molar refractivity (Wildman–Crippen MR) is 118 cm³/mol. The summed E-state index contributed by atoms with van der Waals surface area (Å²) in [5.41, 5.74) is 2.45. The van der Waals surface area contributed by atoms with Crippen molar-refractivity contribution in [1.29, 1.82) is 0 Å². The van der Waals surface area contributed by atoms with Crippen LogP contribution in [0.25, 0.3) is 6.08 Å². The fraction of sp³-hybridized carbons (Fsp3) is 0.0435. The van der Waals surface area contributed by atoms with Crippen LogP contribution in [0.15, 0.2) is 66.7 Å². The Balaban J connectivity index is 1.91. The van der Waals surface area contributed by atoms with E-state index in [4.69, 9.17) is 26.3 Å². The summed E-state index contributed by atoms with van der Waals surface area (Å²) in [5, 5.41) is 11.6. The van der Waals surface area contributed by atoms with Crippen LogP contribution in [0.3, 0.4) is 0 Å². The standard InChI is InChI=1S/C23H18ClFN2O5/c1-31-16-9-6-14(7-11-22(28)27-30)19(13-16)26-23(29)17-4-2-3-5-20(17)32-21-10-8-15(24)12-18(21)25/h2-13,30H,1H3,(H,26,29)(H,27,28). The average Bonchev–Trinajstić information content (AvgIpc) is 2.80. The first-order valence-electron chi connectivity index (χ1n) is 9.24. The second kappa shape index (κ2) is 10.4. The van der Waals surface area contributed by atoms with Crippen LogP contribution in [0.1, 0.15) is 15.9 Å². The molecule has 3 aromatic rings. The number of hydrogen-bond acceptors (Lipinski definition) is 5. The molecule has 3 aromatic carbocycles. The molecule has 0 aliphatic heterocycles. The minimum atomic E-state index is -0.734. The van der Waals surface area contributed by atoms with Crippen molar-refractivity contribution >= 4 is 35.2 Å². The molecule has 0 fully saturated rings. The van der Waals surface area contributed by atoms with Crippen molar-refractivity contribution in [2.45, 2.75) is 0 Å². The Morgan fingerprint density at radius 3 is 2.56 bits per heavy atom. The normalized spacial score (nSPS) is 10.6. The largest absolute Gasteiger partial charge is 0.497 e. The van der Waals surface area contributed by atoms with E-state index in [-0.39, 0.29) is 22.1 Å². The Labute approximate surface area is 188 Å². The number of rotatable bonds is 7. The van der Waals surface area contributed by atoms with Crippen molar-refractivity contribution in [2.24, 2.45) is 0 Å². The number of carbonyl (C=O) groups excluding carboxylic acids is 2. The van der Waals surface area contributed by atoms with Crippen molar-refractivity contribution < 1.29 is 28.7 Å². The third-order valence-electron chi connectivity index (χ3n) is 4.28. The van der Waals surface area contributed by atoms with E-state index in [1.54, 1.807) is 30.3 Å². The van der Waals surface area contributed by atoms with E-state index in [0.717, 1.165) is 12.1 Å². The minimum absolute atomic E-state index is 0.0883. The molecule has 0 radical (unpaired) electrons. The molecule has 164 valence electrons. The molecule has 0 aliphatic carbocycles. The number of benzene rings is 3. The number of anilines is 1. The van der Waals surface area contributed by atoms with E-state index >= 15 is 0 Å². The molecule has 32 heavy (non-hydrogen) atoms. The topological polar surface area (TPSA) is 96.9 Å². The number of ether oxygens (including phenoxy) is 2. The Hall–Kier alpha value is -3.88. The van der Waals surface area contributed by atoms with Crippen LogP contribution in [0.4, 0.5) is 10.1 Å². The van der Waals surface area contributed by atoms with Gasteiger partial charge >= 0.3 is 0 Å². The lowest BCUT2D eigenvalue weighted by Gasteiger charge is -2.14. The number of para-hydroxylation sites is 1. The number of carbonyl (C=O) groups is 2. The van der Waals surface area contributed by atoms with Gasteiger partial charge in [-0.05, 0) is 54.1 Å². The lowest BCUT2D eigenvalue weighted by molar-refractivity contribution is -0.124. The second-order valence-electron chi connectivity index (χ2n) is 6.39. The Morgan fingerprint density at radius 1 is 1.06 bits per heavy atom. The molecule has 3 rings (SSSR count). The van der Waals surface area contributed by atoms with Crippen molar-refractivity contribution in [3.8, 4) is 17.2 Å². The number of nitrogens with one attached hydrogen (secondary N) is 2. The molecule has 2 amide bonds. The van der Waals surface area contributed by atoms with E-state index in [1.165, 1.54) is 42.9 Å². The molecule has 0 saturated heterocycles. The molecule has 7 nitrogen and oxygen atoms in total. The molecule has 0 unspecified atom stereocenters. The van der Waals surface area contributed by atoms with Crippen LogP contribution in [0.5, 0.6) is 17.2 Å². The third kappa shape index (κ3) is 5.63. The number of amides is 2. The van der Waals surface area contributed by atoms with Crippen molar-refractivity contribution in [1.82, 2.24) is 5.48 Å². The van der Waals surface area contributed by atoms with E-state index in [2.05, 4.69) is 5.32 Å². The average molecular weight is 457 g/mol. The van der Waals surface area contributed by atoms with E-state index in [9.17, 15) is 14.0 Å². The maximum atomic E-state index is 14.1. The summed E-state index contributed by atoms with van der Waals surface area (Å²) in [6, 6.07) is 15.1. The highest BCUT2D eigenvalue weighted by Gasteiger charge is 2.16. The van der Waals surface area contributed by atoms with Gasteiger partial charge in [0.1, 0.15) is 11.5 Å². The SMILES string of the molecule is COc1ccc(C=CC(=O)NO)c(NC(=O)c2ccccc2Oc2ccc(Cl)cc2F)c1. The van der Waals surface area contributed by atoms with Crippen LogP contribution in [0.2, 0.25) is 5.02 Å². The van der Waals surface area contributed by atoms with Crippen LogP contribution >= 0.6 is 11.6 Å². The smallest absolute Gasteiger partial charge is 0.267 e. The van der Waals surface area contributed by atoms with Gasteiger partial charge in [-0.2, -0.15) is 0 Å². The van der Waals surface area contributed by atoms with E-state index in [1.807, 2.05) is 0 Å². The first-order chi connectivity index (χ1) is 15.4. The minimum Gasteiger partial charge on any atom is -0.497 e. The Kier molecular flexibility index (Phi) is 7.43. The summed E-state index contributed by atoms with van der Waals surface area (Å²) in [4.78, 5) is 24.3. The summed E-state index contributed by atoms with van der Waals surface area (Å²) in [6.07, 6.45) is 2.50. The number of methoxy groups -OCH3 is 1. The van der Waals surface area contributed by atoms with Crippen molar-refractivity contribution in [3.05, 3.63) is 88.7 Å². The quantitative estimate of drug-likeness (QED) is 0.262. The van der Waals surface area contributed by atoms with Gasteiger partial charge in [0.25, 0.3) is 11.8 Å². The van der Waals surface area contributed by atoms with Crippen molar-refractivity contribution in [3.63, 3.8) is 0 Å². The van der Waals surface area contributed by atoms with Crippen LogP contribution in [-0.4, -0.2) is 24.1 Å². The summed E-state index contributed by atoms with van der Waals surface area (Å²) in [7, 11) is 1.47. The van der Waals surface area contributed by atoms with Gasteiger partial charge in [-0.15, -0.1) is 0 Å². The molecule has 9 heteroatoms. The lowest BCUT2D eigenvalue weighted by Crippen LogP contribution is -2.15. The molecule has 3 N–H and O–H groups in total. The zero-order chi connectivity index (χ0) is 23.1. The molecular formula is C23H18ClFN2O5. The fourth-order valence-corrected chi connectivity index (χ4v) is 2.89. The summed E-state index contributed by atoms with van der Waals surface area (Å²) < 4.78 is 25.0. The van der Waals surface area contributed by atoms with Gasteiger partial charge in [0, 0.05) is 17.2 Å². The first-order valence-corrected chi connectivity index (χ1v) is 9.62. The van der Waals surface area contributed by atoms with Gasteiger partial charge in [-0.1, -0.05) is 23.7 Å². The molecule has 0 atom stereocenters. The fourth-order valence-electron chi connectivity index (χ4n) is 2.73. The molecule has 0 aliphatic rings. The summed E-state index contributed by atoms with van der Waals surface area (Å²) >= 11 is 5.77. The zero-order valence-corrected chi connectivity index (χ0v) is 17.5. The highest BCUT2D eigenvalue weighted by Crippen LogP contribution is 2.30. The number of hydroxylamine groups is 1. The summed E-state index contributed by atoms with van der Waals surface area (Å²) in [5.74, 6) is -1.43. The van der Waals surface area contributed by atoms with E-state index < -0.39 is 17.6 Å². The monoisotopic (exact) mass is 456 g/mol. The number of halogens is 2. The highest BCUT2D eigenvalue weighted by atomic mass is 35.5. The maximum absolute atomic E-state index is 14.1. The van der Waals surface area contributed by atoms with Crippen LogP contribution in [0, 0.1) is 5.82 Å². The van der Waals surface area contributed by atoms with Crippen LogP contribution in [-0.2, 0) is 4.79 Å². The zero-order valence-electron chi connectivity index (χ0n) is 16.8. The molecule has 0 spiro atoms. The molecular weight excluding hydrogens is 439 g/mol. The van der Waals surface area contributed by atoms with Crippen LogP contribution < -0.4 is 20.3 Å². The third-order valence-corrected chi connectivity index (χ3v) is 4.51. The van der Waals surface area contributed by atoms with Gasteiger partial charge in [-0.25, -0.2) is 9.87 Å². The van der Waals surface area contributed by atoms with Gasteiger partial charge in [-0.3, -0.25) is 14.8 Å². The Morgan fingerprint density at radius 2 is 1.84 bits per heavy atom. The molecule has 0 heterocycles. The lowest BCUT2D eigenvalue weighted by atomic mass is 10.1. The van der Waals surface area contributed by atoms with Gasteiger partial charge in [0.2, 0.25) is 0 Å². The highest BCUT2D eigenvalue weighted by molar-refractivity contribution is 6.30. The van der Waals surface area contributed by atoms with Gasteiger partial charge < -0.3 is 14.8 Å². The second-order valence-corrected chi connectivity index (χ2v) is 6.83. The summed E-state index contributed by atoms with van der Waals surface area (Å²) in [6.45, 7) is 0. The molecule has 0 bridgehead atoms.